The summed E-state index contributed by atoms with van der Waals surface area (Å²) < 4.78 is 5.51. The zero-order valence-electron chi connectivity index (χ0n) is 11.4. The van der Waals surface area contributed by atoms with Crippen molar-refractivity contribution in [1.29, 1.82) is 5.26 Å². The minimum Gasteiger partial charge on any atom is -0.496 e. The Morgan fingerprint density at radius 1 is 1.44 bits per heavy atom. The third kappa shape index (κ3) is 4.25. The van der Waals surface area contributed by atoms with E-state index >= 15 is 0 Å². The standard InChI is InChI=1S/C14H20N2OS/c1-14(2,18-4)10-16-9-12-7-11(8-15)5-6-13(12)17-3/h5-7,16H,9-10H2,1-4H3. The van der Waals surface area contributed by atoms with E-state index in [-0.39, 0.29) is 4.75 Å². The summed E-state index contributed by atoms with van der Waals surface area (Å²) >= 11 is 1.83. The van der Waals surface area contributed by atoms with Gasteiger partial charge in [0.1, 0.15) is 5.75 Å². The maximum Gasteiger partial charge on any atom is 0.123 e. The van der Waals surface area contributed by atoms with Crippen LogP contribution in [0.4, 0.5) is 0 Å². The zero-order valence-corrected chi connectivity index (χ0v) is 12.2. The zero-order chi connectivity index (χ0) is 13.6. The van der Waals surface area contributed by atoms with Gasteiger partial charge in [-0.25, -0.2) is 0 Å². The monoisotopic (exact) mass is 264 g/mol. The number of nitrogens with zero attached hydrogens (tertiary/aromatic N) is 1. The van der Waals surface area contributed by atoms with Crippen molar-refractivity contribution in [3.63, 3.8) is 0 Å². The number of rotatable bonds is 6. The Labute approximate surface area is 114 Å². The molecule has 0 bridgehead atoms. The average molecular weight is 264 g/mol. The molecule has 0 amide bonds. The minimum absolute atomic E-state index is 0.208. The van der Waals surface area contributed by atoms with E-state index in [2.05, 4.69) is 31.5 Å². The van der Waals surface area contributed by atoms with Crippen molar-refractivity contribution in [2.24, 2.45) is 0 Å². The molecular weight excluding hydrogens is 244 g/mol. The van der Waals surface area contributed by atoms with Crippen LogP contribution >= 0.6 is 11.8 Å². The predicted octanol–water partition coefficient (Wildman–Crippen LogP) is 2.80. The van der Waals surface area contributed by atoms with Crippen molar-refractivity contribution < 1.29 is 4.74 Å². The SMILES string of the molecule is COc1ccc(C#N)cc1CNCC(C)(C)SC. The fourth-order valence-electron chi connectivity index (χ4n) is 1.56. The molecule has 0 fully saturated rings. The van der Waals surface area contributed by atoms with Crippen molar-refractivity contribution in [2.75, 3.05) is 19.9 Å². The molecule has 18 heavy (non-hydrogen) atoms. The van der Waals surface area contributed by atoms with E-state index in [1.165, 1.54) is 0 Å². The van der Waals surface area contributed by atoms with Crippen LogP contribution in [0, 0.1) is 11.3 Å². The molecule has 0 spiro atoms. The fourth-order valence-corrected chi connectivity index (χ4v) is 1.80. The Hall–Kier alpha value is -1.18. The highest BCUT2D eigenvalue weighted by Gasteiger charge is 2.15. The minimum atomic E-state index is 0.208. The van der Waals surface area contributed by atoms with Crippen LogP contribution in [0.3, 0.4) is 0 Å². The van der Waals surface area contributed by atoms with Gasteiger partial charge < -0.3 is 10.1 Å². The van der Waals surface area contributed by atoms with Crippen molar-refractivity contribution in [2.45, 2.75) is 25.1 Å². The molecule has 0 unspecified atom stereocenters. The van der Waals surface area contributed by atoms with Crippen LogP contribution < -0.4 is 10.1 Å². The lowest BCUT2D eigenvalue weighted by molar-refractivity contribution is 0.407. The van der Waals surface area contributed by atoms with Gasteiger partial charge in [0.25, 0.3) is 0 Å². The highest BCUT2D eigenvalue weighted by atomic mass is 32.2. The number of benzene rings is 1. The van der Waals surface area contributed by atoms with Gasteiger partial charge in [-0.1, -0.05) is 0 Å². The number of methoxy groups -OCH3 is 1. The number of ether oxygens (including phenoxy) is 1. The first-order valence-corrected chi connectivity index (χ1v) is 7.08. The van der Waals surface area contributed by atoms with E-state index in [0.29, 0.717) is 12.1 Å². The molecule has 1 aromatic carbocycles. The van der Waals surface area contributed by atoms with Crippen LogP contribution in [0.1, 0.15) is 25.0 Å². The highest BCUT2D eigenvalue weighted by molar-refractivity contribution is 7.99. The maximum atomic E-state index is 8.90. The molecule has 0 aliphatic rings. The van der Waals surface area contributed by atoms with Gasteiger partial charge in [0.2, 0.25) is 0 Å². The lowest BCUT2D eigenvalue weighted by atomic mass is 10.1. The number of hydrogen-bond donors (Lipinski definition) is 1. The summed E-state index contributed by atoms with van der Waals surface area (Å²) in [5, 5.41) is 12.3. The molecule has 0 heterocycles. The smallest absolute Gasteiger partial charge is 0.123 e. The number of thioether (sulfide) groups is 1. The van der Waals surface area contributed by atoms with Crippen molar-refractivity contribution in [1.82, 2.24) is 5.32 Å². The Balaban J connectivity index is 2.69. The summed E-state index contributed by atoms with van der Waals surface area (Å²) in [5.41, 5.74) is 1.69. The first-order chi connectivity index (χ1) is 8.52. The van der Waals surface area contributed by atoms with E-state index in [1.807, 2.05) is 23.9 Å². The van der Waals surface area contributed by atoms with Gasteiger partial charge in [-0.15, -0.1) is 0 Å². The van der Waals surface area contributed by atoms with Crippen LogP contribution in [0.2, 0.25) is 0 Å². The molecule has 0 saturated carbocycles. The molecule has 1 aromatic rings. The van der Waals surface area contributed by atoms with E-state index < -0.39 is 0 Å². The van der Waals surface area contributed by atoms with Crippen molar-refractivity contribution in [3.8, 4) is 11.8 Å². The molecule has 1 N–H and O–H groups in total. The molecule has 4 heteroatoms. The van der Waals surface area contributed by atoms with Gasteiger partial charge in [-0.05, 0) is 38.3 Å². The van der Waals surface area contributed by atoms with Crippen LogP contribution in [-0.4, -0.2) is 24.7 Å². The molecule has 98 valence electrons. The van der Waals surface area contributed by atoms with Crippen LogP contribution in [0.15, 0.2) is 18.2 Å². The second kappa shape index (κ2) is 6.67. The Morgan fingerprint density at radius 3 is 2.72 bits per heavy atom. The lowest BCUT2D eigenvalue weighted by Gasteiger charge is -2.22. The molecule has 3 nitrogen and oxygen atoms in total. The van der Waals surface area contributed by atoms with E-state index in [9.17, 15) is 0 Å². The highest BCUT2D eigenvalue weighted by Crippen LogP contribution is 2.22. The number of nitrogens with one attached hydrogen (secondary N) is 1. The molecule has 1 rings (SSSR count). The van der Waals surface area contributed by atoms with Gasteiger partial charge in [0.05, 0.1) is 18.7 Å². The van der Waals surface area contributed by atoms with Gasteiger partial charge in [0, 0.05) is 23.4 Å². The molecule has 0 aromatic heterocycles. The third-order valence-corrected chi connectivity index (χ3v) is 4.08. The molecule has 0 saturated heterocycles. The molecule has 0 aliphatic heterocycles. The molecule has 0 radical (unpaired) electrons. The van der Waals surface area contributed by atoms with Crippen LogP contribution in [0.5, 0.6) is 5.75 Å². The summed E-state index contributed by atoms with van der Waals surface area (Å²) in [6.45, 7) is 6.03. The van der Waals surface area contributed by atoms with Crippen molar-refractivity contribution in [3.05, 3.63) is 29.3 Å². The molecule has 0 aliphatic carbocycles. The first-order valence-electron chi connectivity index (χ1n) is 5.85. The van der Waals surface area contributed by atoms with E-state index in [4.69, 9.17) is 10.00 Å². The van der Waals surface area contributed by atoms with Gasteiger partial charge in [-0.3, -0.25) is 0 Å². The lowest BCUT2D eigenvalue weighted by Crippen LogP contribution is -2.31. The second-order valence-electron chi connectivity index (χ2n) is 4.71. The van der Waals surface area contributed by atoms with Gasteiger partial charge in [-0.2, -0.15) is 17.0 Å². The average Bonchev–Trinajstić information content (AvgIpc) is 2.38. The summed E-state index contributed by atoms with van der Waals surface area (Å²) in [6.07, 6.45) is 2.11. The number of hydrogen-bond acceptors (Lipinski definition) is 4. The number of nitriles is 1. The van der Waals surface area contributed by atoms with E-state index in [0.717, 1.165) is 17.9 Å². The Morgan fingerprint density at radius 2 is 2.17 bits per heavy atom. The van der Waals surface area contributed by atoms with Gasteiger partial charge >= 0.3 is 0 Å². The maximum absolute atomic E-state index is 8.90. The summed E-state index contributed by atoms with van der Waals surface area (Å²) in [4.78, 5) is 0. The normalized spacial score (nSPS) is 11.1. The largest absolute Gasteiger partial charge is 0.496 e. The first kappa shape index (κ1) is 14.9. The molecular formula is C14H20N2OS. The third-order valence-electron chi connectivity index (χ3n) is 2.83. The van der Waals surface area contributed by atoms with Crippen LogP contribution in [-0.2, 0) is 6.54 Å². The topological polar surface area (TPSA) is 45.0 Å². The second-order valence-corrected chi connectivity index (χ2v) is 6.22. The Kier molecular flexibility index (Phi) is 5.52. The Bertz CT molecular complexity index is 438. The fraction of sp³-hybridized carbons (Fsp3) is 0.500. The molecule has 0 atom stereocenters. The van der Waals surface area contributed by atoms with E-state index in [1.54, 1.807) is 13.2 Å². The van der Waals surface area contributed by atoms with Gasteiger partial charge in [0.15, 0.2) is 0 Å². The summed E-state index contributed by atoms with van der Waals surface area (Å²) in [7, 11) is 1.65. The summed E-state index contributed by atoms with van der Waals surface area (Å²) in [6, 6.07) is 7.64. The van der Waals surface area contributed by atoms with Crippen LogP contribution in [0.25, 0.3) is 0 Å². The quantitative estimate of drug-likeness (QED) is 0.858. The summed E-state index contributed by atoms with van der Waals surface area (Å²) in [5.74, 6) is 0.823. The predicted molar refractivity (Wildman–Crippen MR) is 77.0 cm³/mol. The van der Waals surface area contributed by atoms with Crippen molar-refractivity contribution >= 4 is 11.8 Å².